The zero-order valence-electron chi connectivity index (χ0n) is 14.4. The van der Waals surface area contributed by atoms with E-state index in [1.54, 1.807) is 0 Å². The van der Waals surface area contributed by atoms with Crippen molar-refractivity contribution in [2.24, 2.45) is 5.92 Å². The molecule has 1 saturated carbocycles. The lowest BCUT2D eigenvalue weighted by molar-refractivity contribution is 0.0357. The lowest BCUT2D eigenvalue weighted by Crippen LogP contribution is -2.37. The summed E-state index contributed by atoms with van der Waals surface area (Å²) in [5.74, 6) is 1.08. The zero-order valence-corrected chi connectivity index (χ0v) is 14.4. The van der Waals surface area contributed by atoms with Crippen LogP contribution in [0, 0.1) is 5.92 Å². The van der Waals surface area contributed by atoms with Crippen molar-refractivity contribution in [2.45, 2.75) is 38.7 Å². The molecular weight excluding hydrogens is 292 g/mol. The Morgan fingerprint density at radius 2 is 2.00 bits per heavy atom. The van der Waals surface area contributed by atoms with Crippen LogP contribution in [-0.2, 0) is 4.74 Å². The summed E-state index contributed by atoms with van der Waals surface area (Å²) in [7, 11) is 4.12. The Balaban J connectivity index is 1.95. The molecule has 2 rings (SSSR count). The fourth-order valence-corrected chi connectivity index (χ4v) is 3.13. The van der Waals surface area contributed by atoms with Crippen LogP contribution in [0.1, 0.15) is 32.6 Å². The third-order valence-corrected chi connectivity index (χ3v) is 4.12. The summed E-state index contributed by atoms with van der Waals surface area (Å²) in [6.07, 6.45) is 3.99. The zero-order chi connectivity index (χ0) is 16.7. The summed E-state index contributed by atoms with van der Waals surface area (Å²) >= 11 is 0. The molecule has 23 heavy (non-hydrogen) atoms. The second-order valence-electron chi connectivity index (χ2n) is 6.30. The highest BCUT2D eigenvalue weighted by Crippen LogP contribution is 2.29. The number of benzene rings is 1. The van der Waals surface area contributed by atoms with Gasteiger partial charge in [0.15, 0.2) is 0 Å². The number of rotatable bonds is 6. The SMILES string of the molecule is CCOc1ccccc1NC(=O)O[C@@H]1CCCC[C@@H]1CN(C)C. The lowest BCUT2D eigenvalue weighted by atomic mass is 9.86. The van der Waals surface area contributed by atoms with Gasteiger partial charge in [-0.25, -0.2) is 4.79 Å². The Morgan fingerprint density at radius 1 is 1.26 bits per heavy atom. The number of amides is 1. The van der Waals surface area contributed by atoms with Gasteiger partial charge in [0.05, 0.1) is 12.3 Å². The third kappa shape index (κ3) is 5.43. The van der Waals surface area contributed by atoms with E-state index in [1.807, 2.05) is 31.2 Å². The van der Waals surface area contributed by atoms with Crippen LogP contribution in [-0.4, -0.2) is 44.3 Å². The van der Waals surface area contributed by atoms with Crippen molar-refractivity contribution in [3.05, 3.63) is 24.3 Å². The predicted octanol–water partition coefficient (Wildman–Crippen LogP) is 3.75. The molecule has 1 aromatic carbocycles. The first-order valence-electron chi connectivity index (χ1n) is 8.44. The van der Waals surface area contributed by atoms with E-state index in [4.69, 9.17) is 9.47 Å². The summed E-state index contributed by atoms with van der Waals surface area (Å²) in [6, 6.07) is 7.42. The van der Waals surface area contributed by atoms with Crippen molar-refractivity contribution in [2.75, 3.05) is 32.6 Å². The number of nitrogens with zero attached hydrogens (tertiary/aromatic N) is 1. The van der Waals surface area contributed by atoms with Gasteiger partial charge in [-0.05, 0) is 52.4 Å². The van der Waals surface area contributed by atoms with Crippen molar-refractivity contribution in [3.63, 3.8) is 0 Å². The molecule has 0 radical (unpaired) electrons. The third-order valence-electron chi connectivity index (χ3n) is 4.12. The van der Waals surface area contributed by atoms with Gasteiger partial charge in [-0.1, -0.05) is 18.6 Å². The van der Waals surface area contributed by atoms with Crippen molar-refractivity contribution in [3.8, 4) is 5.75 Å². The molecule has 0 saturated heterocycles. The van der Waals surface area contributed by atoms with Gasteiger partial charge in [-0.15, -0.1) is 0 Å². The van der Waals surface area contributed by atoms with E-state index in [9.17, 15) is 4.79 Å². The maximum absolute atomic E-state index is 12.3. The van der Waals surface area contributed by atoms with Gasteiger partial charge in [0, 0.05) is 12.5 Å². The Kier molecular flexibility index (Phi) is 6.71. The highest BCUT2D eigenvalue weighted by atomic mass is 16.6. The highest BCUT2D eigenvalue weighted by molar-refractivity contribution is 5.86. The fraction of sp³-hybridized carbons (Fsp3) is 0.611. The molecule has 0 heterocycles. The average molecular weight is 320 g/mol. The van der Waals surface area contributed by atoms with Gasteiger partial charge in [0.2, 0.25) is 0 Å². The van der Waals surface area contributed by atoms with Crippen LogP contribution in [0.2, 0.25) is 0 Å². The summed E-state index contributed by atoms with van der Waals surface area (Å²) < 4.78 is 11.2. The minimum atomic E-state index is -0.396. The highest BCUT2D eigenvalue weighted by Gasteiger charge is 2.28. The van der Waals surface area contributed by atoms with Crippen LogP contribution in [0.5, 0.6) is 5.75 Å². The van der Waals surface area contributed by atoms with Crippen molar-refractivity contribution in [1.82, 2.24) is 4.90 Å². The average Bonchev–Trinajstić information content (AvgIpc) is 2.51. The van der Waals surface area contributed by atoms with Gasteiger partial charge in [-0.3, -0.25) is 5.32 Å². The summed E-state index contributed by atoms with van der Waals surface area (Å²) in [5, 5.41) is 2.82. The number of hydrogen-bond donors (Lipinski definition) is 1. The molecule has 0 aliphatic heterocycles. The molecule has 0 unspecified atom stereocenters. The molecule has 0 spiro atoms. The standard InChI is InChI=1S/C18H28N2O3/c1-4-22-17-12-8-6-10-15(17)19-18(21)23-16-11-7-5-9-14(16)13-20(2)3/h6,8,10,12,14,16H,4-5,7,9,11,13H2,1-3H3,(H,19,21)/t14-,16-/m1/s1. The molecule has 2 atom stereocenters. The van der Waals surface area contributed by atoms with E-state index in [0.29, 0.717) is 24.0 Å². The molecule has 1 aliphatic carbocycles. The van der Waals surface area contributed by atoms with Gasteiger partial charge in [0.25, 0.3) is 0 Å². The smallest absolute Gasteiger partial charge is 0.412 e. The number of carbonyl (C=O) groups excluding carboxylic acids is 1. The van der Waals surface area contributed by atoms with Crippen LogP contribution >= 0.6 is 0 Å². The van der Waals surface area contributed by atoms with Gasteiger partial charge >= 0.3 is 6.09 Å². The van der Waals surface area contributed by atoms with Crippen molar-refractivity contribution < 1.29 is 14.3 Å². The Hall–Kier alpha value is -1.75. The van der Waals surface area contributed by atoms with E-state index in [-0.39, 0.29) is 6.10 Å². The quantitative estimate of drug-likeness (QED) is 0.867. The topological polar surface area (TPSA) is 50.8 Å². The first kappa shape index (κ1) is 17.6. The predicted molar refractivity (Wildman–Crippen MR) is 92.0 cm³/mol. The van der Waals surface area contributed by atoms with Gasteiger partial charge in [-0.2, -0.15) is 0 Å². The van der Waals surface area contributed by atoms with Crippen LogP contribution in [0.3, 0.4) is 0 Å². The molecular formula is C18H28N2O3. The molecule has 0 bridgehead atoms. The fourth-order valence-electron chi connectivity index (χ4n) is 3.13. The first-order valence-corrected chi connectivity index (χ1v) is 8.44. The van der Waals surface area contributed by atoms with E-state index < -0.39 is 6.09 Å². The van der Waals surface area contributed by atoms with Gasteiger partial charge < -0.3 is 14.4 Å². The van der Waals surface area contributed by atoms with E-state index in [0.717, 1.165) is 25.8 Å². The maximum Gasteiger partial charge on any atom is 0.412 e. The number of para-hydroxylation sites is 2. The van der Waals surface area contributed by atoms with Crippen LogP contribution in [0.4, 0.5) is 10.5 Å². The number of nitrogens with one attached hydrogen (secondary N) is 1. The van der Waals surface area contributed by atoms with Crippen molar-refractivity contribution in [1.29, 1.82) is 0 Å². The Labute approximate surface area is 139 Å². The second kappa shape index (κ2) is 8.77. The lowest BCUT2D eigenvalue weighted by Gasteiger charge is -2.32. The minimum absolute atomic E-state index is 0.00888. The molecule has 1 aliphatic rings. The Bertz CT molecular complexity index is 505. The van der Waals surface area contributed by atoms with Crippen LogP contribution in [0.15, 0.2) is 24.3 Å². The normalized spacial score (nSPS) is 21.0. The number of carbonyl (C=O) groups is 1. The molecule has 0 aromatic heterocycles. The summed E-state index contributed by atoms with van der Waals surface area (Å²) in [6.45, 7) is 3.43. The molecule has 1 aromatic rings. The maximum atomic E-state index is 12.3. The summed E-state index contributed by atoms with van der Waals surface area (Å²) in [5.41, 5.74) is 0.652. The van der Waals surface area contributed by atoms with E-state index in [2.05, 4.69) is 24.3 Å². The molecule has 5 heteroatoms. The number of hydrogen-bond acceptors (Lipinski definition) is 4. The van der Waals surface area contributed by atoms with E-state index >= 15 is 0 Å². The van der Waals surface area contributed by atoms with Gasteiger partial charge in [0.1, 0.15) is 11.9 Å². The first-order chi connectivity index (χ1) is 11.1. The molecule has 128 valence electrons. The number of ether oxygens (including phenoxy) is 2. The van der Waals surface area contributed by atoms with Crippen LogP contribution in [0.25, 0.3) is 0 Å². The molecule has 1 fully saturated rings. The molecule has 1 N–H and O–H groups in total. The summed E-state index contributed by atoms with van der Waals surface area (Å²) in [4.78, 5) is 14.4. The number of anilines is 1. The monoisotopic (exact) mass is 320 g/mol. The van der Waals surface area contributed by atoms with Crippen molar-refractivity contribution >= 4 is 11.8 Å². The van der Waals surface area contributed by atoms with Crippen LogP contribution < -0.4 is 10.1 Å². The second-order valence-corrected chi connectivity index (χ2v) is 6.30. The minimum Gasteiger partial charge on any atom is -0.492 e. The molecule has 5 nitrogen and oxygen atoms in total. The molecule has 1 amide bonds. The van der Waals surface area contributed by atoms with E-state index in [1.165, 1.54) is 6.42 Å². The Morgan fingerprint density at radius 3 is 2.74 bits per heavy atom. The largest absolute Gasteiger partial charge is 0.492 e.